The second kappa shape index (κ2) is 10.0. The number of nitrogens with one attached hydrogen (secondary N) is 1. The second-order valence-corrected chi connectivity index (χ2v) is 9.36. The predicted octanol–water partition coefficient (Wildman–Crippen LogP) is 7.74. The first-order valence-corrected chi connectivity index (χ1v) is 12.1. The molecule has 0 aliphatic rings. The second-order valence-electron chi connectivity index (χ2n) is 7.65. The predicted molar refractivity (Wildman–Crippen MR) is 138 cm³/mol. The van der Waals surface area contributed by atoms with Gasteiger partial charge in [-0.25, -0.2) is 0 Å². The number of fused-ring (bicyclic) bond motifs is 1. The SMILES string of the molecule is CCc1c(-c2ccc(OC)cc2)[nH]c2ccc(Oc3c(Br)cc(CCC(=O)O)cc3Br)cc12. The first-order valence-electron chi connectivity index (χ1n) is 10.6. The first kappa shape index (κ1) is 23.4. The number of benzene rings is 3. The Labute approximate surface area is 209 Å². The molecular formula is C26H23Br2NO4. The van der Waals surface area contributed by atoms with Crippen LogP contribution in [0.5, 0.6) is 17.2 Å². The maximum Gasteiger partial charge on any atom is 0.303 e. The van der Waals surface area contributed by atoms with Gasteiger partial charge in [-0.1, -0.05) is 6.92 Å². The summed E-state index contributed by atoms with van der Waals surface area (Å²) in [6.45, 7) is 2.15. The number of halogens is 2. The van der Waals surface area contributed by atoms with E-state index in [1.54, 1.807) is 7.11 Å². The number of hydrogen-bond acceptors (Lipinski definition) is 3. The Hall–Kier alpha value is -2.77. The van der Waals surface area contributed by atoms with Crippen molar-refractivity contribution >= 4 is 48.7 Å². The molecule has 33 heavy (non-hydrogen) atoms. The molecule has 0 bridgehead atoms. The normalized spacial score (nSPS) is 11.0. The Morgan fingerprint density at radius 1 is 1.00 bits per heavy atom. The summed E-state index contributed by atoms with van der Waals surface area (Å²) in [7, 11) is 1.66. The lowest BCUT2D eigenvalue weighted by Gasteiger charge is -2.12. The van der Waals surface area contributed by atoms with Crippen LogP contribution in [0, 0.1) is 0 Å². The summed E-state index contributed by atoms with van der Waals surface area (Å²) < 4.78 is 13.0. The Bertz CT molecular complexity index is 1290. The zero-order chi connectivity index (χ0) is 23.5. The summed E-state index contributed by atoms with van der Waals surface area (Å²) in [5.41, 5.74) is 5.39. The monoisotopic (exact) mass is 571 g/mol. The van der Waals surface area contributed by atoms with Gasteiger partial charge in [-0.15, -0.1) is 0 Å². The minimum atomic E-state index is -0.817. The van der Waals surface area contributed by atoms with Crippen LogP contribution in [0.4, 0.5) is 0 Å². The minimum Gasteiger partial charge on any atom is -0.497 e. The molecule has 4 rings (SSSR count). The van der Waals surface area contributed by atoms with Gasteiger partial charge in [-0.05, 0) is 116 Å². The van der Waals surface area contributed by atoms with Crippen LogP contribution in [-0.4, -0.2) is 23.2 Å². The molecule has 5 nitrogen and oxygen atoms in total. The zero-order valence-corrected chi connectivity index (χ0v) is 21.4. The Kier molecular flexibility index (Phi) is 7.10. The standard InChI is InChI=1S/C26H23Br2NO4/c1-3-19-20-14-18(33-26-21(27)12-15(13-22(26)28)4-11-24(30)31)9-10-23(20)29-25(19)16-5-7-17(32-2)8-6-16/h5-10,12-14,29H,3-4,11H2,1-2H3,(H,30,31). The summed E-state index contributed by atoms with van der Waals surface area (Å²) in [4.78, 5) is 14.4. The molecule has 0 radical (unpaired) electrons. The molecule has 0 aliphatic heterocycles. The molecule has 1 aromatic heterocycles. The minimum absolute atomic E-state index is 0.0829. The largest absolute Gasteiger partial charge is 0.497 e. The molecule has 7 heteroatoms. The molecule has 4 aromatic rings. The third-order valence-electron chi connectivity index (χ3n) is 5.52. The number of ether oxygens (including phenoxy) is 2. The molecule has 0 saturated heterocycles. The zero-order valence-electron chi connectivity index (χ0n) is 18.2. The van der Waals surface area contributed by atoms with Crippen molar-refractivity contribution in [2.45, 2.75) is 26.2 Å². The van der Waals surface area contributed by atoms with E-state index in [1.807, 2.05) is 36.4 Å². The molecule has 0 unspecified atom stereocenters. The highest BCUT2D eigenvalue weighted by atomic mass is 79.9. The van der Waals surface area contributed by atoms with Crippen molar-refractivity contribution in [1.29, 1.82) is 0 Å². The summed E-state index contributed by atoms with van der Waals surface area (Å²) in [6.07, 6.45) is 1.41. The van der Waals surface area contributed by atoms with E-state index in [2.05, 4.69) is 62.0 Å². The van der Waals surface area contributed by atoms with Crippen molar-refractivity contribution in [3.63, 3.8) is 0 Å². The molecule has 0 aliphatic carbocycles. The van der Waals surface area contributed by atoms with E-state index in [0.717, 1.165) is 54.6 Å². The number of H-pyrrole nitrogens is 1. The number of aromatic nitrogens is 1. The molecule has 0 saturated carbocycles. The van der Waals surface area contributed by atoms with Gasteiger partial charge in [0.1, 0.15) is 11.5 Å². The van der Waals surface area contributed by atoms with Crippen molar-refractivity contribution in [1.82, 2.24) is 4.98 Å². The van der Waals surface area contributed by atoms with Crippen LogP contribution in [0.15, 0.2) is 63.5 Å². The quantitative estimate of drug-likeness (QED) is 0.226. The molecule has 1 heterocycles. The molecule has 2 N–H and O–H groups in total. The fourth-order valence-corrected chi connectivity index (χ4v) is 5.33. The Morgan fingerprint density at radius 2 is 1.67 bits per heavy atom. The Morgan fingerprint density at radius 3 is 2.27 bits per heavy atom. The Balaban J connectivity index is 1.66. The number of carboxylic acid groups (broad SMARTS) is 1. The first-order chi connectivity index (χ1) is 15.9. The lowest BCUT2D eigenvalue weighted by molar-refractivity contribution is -0.136. The van der Waals surface area contributed by atoms with Crippen LogP contribution in [0.25, 0.3) is 22.2 Å². The molecule has 0 amide bonds. The molecule has 170 valence electrons. The molecule has 0 spiro atoms. The van der Waals surface area contributed by atoms with Crippen LogP contribution in [0.3, 0.4) is 0 Å². The number of aryl methyl sites for hydroxylation is 2. The van der Waals surface area contributed by atoms with Crippen LogP contribution in [0.2, 0.25) is 0 Å². The van der Waals surface area contributed by atoms with E-state index in [-0.39, 0.29) is 6.42 Å². The van der Waals surface area contributed by atoms with Crippen molar-refractivity contribution in [2.24, 2.45) is 0 Å². The average molecular weight is 573 g/mol. The topological polar surface area (TPSA) is 71.5 Å². The fraction of sp³-hybridized carbons (Fsp3) is 0.192. The summed E-state index contributed by atoms with van der Waals surface area (Å²) in [5.74, 6) is 1.38. The van der Waals surface area contributed by atoms with Gasteiger partial charge in [0, 0.05) is 23.0 Å². The van der Waals surface area contributed by atoms with Crippen molar-refractivity contribution < 1.29 is 19.4 Å². The fourth-order valence-electron chi connectivity index (χ4n) is 3.88. The smallest absolute Gasteiger partial charge is 0.303 e. The van der Waals surface area contributed by atoms with E-state index < -0.39 is 5.97 Å². The van der Waals surface area contributed by atoms with Crippen LogP contribution >= 0.6 is 31.9 Å². The van der Waals surface area contributed by atoms with Gasteiger partial charge in [-0.2, -0.15) is 0 Å². The number of hydrogen-bond donors (Lipinski definition) is 2. The average Bonchev–Trinajstić information content (AvgIpc) is 3.18. The third kappa shape index (κ3) is 5.09. The highest BCUT2D eigenvalue weighted by Crippen LogP contribution is 2.40. The van der Waals surface area contributed by atoms with E-state index >= 15 is 0 Å². The molecule has 0 fully saturated rings. The van der Waals surface area contributed by atoms with Gasteiger partial charge < -0.3 is 19.6 Å². The number of rotatable bonds is 8. The molecule has 3 aromatic carbocycles. The van der Waals surface area contributed by atoms with Crippen molar-refractivity contribution in [3.8, 4) is 28.5 Å². The van der Waals surface area contributed by atoms with E-state index in [4.69, 9.17) is 14.6 Å². The number of carbonyl (C=O) groups is 1. The maximum absolute atomic E-state index is 10.9. The molecule has 0 atom stereocenters. The number of aliphatic carboxylic acids is 1. The van der Waals surface area contributed by atoms with Gasteiger partial charge in [-0.3, -0.25) is 4.79 Å². The number of carboxylic acids is 1. The van der Waals surface area contributed by atoms with Gasteiger partial charge in [0.25, 0.3) is 0 Å². The van der Waals surface area contributed by atoms with E-state index in [1.165, 1.54) is 5.56 Å². The summed E-state index contributed by atoms with van der Waals surface area (Å²) in [5, 5.41) is 10.1. The number of aromatic amines is 1. The lowest BCUT2D eigenvalue weighted by Crippen LogP contribution is -1.98. The van der Waals surface area contributed by atoms with Gasteiger partial charge in [0.2, 0.25) is 0 Å². The highest BCUT2D eigenvalue weighted by Gasteiger charge is 2.15. The number of methoxy groups -OCH3 is 1. The van der Waals surface area contributed by atoms with E-state index in [0.29, 0.717) is 12.2 Å². The van der Waals surface area contributed by atoms with Crippen LogP contribution in [0.1, 0.15) is 24.5 Å². The lowest BCUT2D eigenvalue weighted by atomic mass is 10.0. The summed E-state index contributed by atoms with van der Waals surface area (Å²) >= 11 is 7.14. The van der Waals surface area contributed by atoms with Gasteiger partial charge in [0.05, 0.1) is 16.1 Å². The van der Waals surface area contributed by atoms with Crippen molar-refractivity contribution in [3.05, 3.63) is 74.7 Å². The van der Waals surface area contributed by atoms with Crippen LogP contribution in [-0.2, 0) is 17.6 Å². The maximum atomic E-state index is 10.9. The highest BCUT2D eigenvalue weighted by molar-refractivity contribution is 9.11. The summed E-state index contributed by atoms with van der Waals surface area (Å²) in [6, 6.07) is 17.9. The van der Waals surface area contributed by atoms with Crippen molar-refractivity contribution in [2.75, 3.05) is 7.11 Å². The van der Waals surface area contributed by atoms with Gasteiger partial charge in [0.15, 0.2) is 5.75 Å². The van der Waals surface area contributed by atoms with E-state index in [9.17, 15) is 4.79 Å². The van der Waals surface area contributed by atoms with Gasteiger partial charge >= 0.3 is 5.97 Å². The molecular weight excluding hydrogens is 550 g/mol. The third-order valence-corrected chi connectivity index (χ3v) is 6.69. The van der Waals surface area contributed by atoms with Crippen LogP contribution < -0.4 is 9.47 Å².